The Morgan fingerprint density at radius 2 is 1.87 bits per heavy atom. The molecule has 0 aliphatic carbocycles. The van der Waals surface area contributed by atoms with Crippen LogP contribution in [0.2, 0.25) is 0 Å². The lowest BCUT2D eigenvalue weighted by Crippen LogP contribution is -2.44. The molecule has 1 atom stereocenters. The number of hydrogen-bond donors (Lipinski definition) is 4. The number of hydrogen-bond acceptors (Lipinski definition) is 8. The fourth-order valence-electron chi connectivity index (χ4n) is 3.44. The molecule has 0 aliphatic heterocycles. The van der Waals surface area contributed by atoms with Crippen LogP contribution in [0.4, 0.5) is 5.82 Å². The molecule has 2 aromatic heterocycles. The maximum atomic E-state index is 12.5. The number of nitrogens with zero attached hydrogens (tertiary/aromatic N) is 4. The van der Waals surface area contributed by atoms with Crippen LogP contribution >= 0.6 is 7.60 Å². The van der Waals surface area contributed by atoms with Crippen LogP contribution in [0.1, 0.15) is 64.5 Å². The van der Waals surface area contributed by atoms with Crippen molar-refractivity contribution >= 4 is 30.5 Å². The fourth-order valence-corrected chi connectivity index (χ4v) is 4.03. The molecule has 0 radical (unpaired) electrons. The molecule has 0 saturated carbocycles. The van der Waals surface area contributed by atoms with Crippen LogP contribution in [0, 0.1) is 0 Å². The summed E-state index contributed by atoms with van der Waals surface area (Å²) in [5, 5.41) is 10.9. The Morgan fingerprint density at radius 1 is 1.27 bits per heavy atom. The standard InChI is InChI=1S/C18H30N5O6P/c1-6-18(7-2,11(24)8-9-30(26,27)28)23-10-20-12-13(19)21-14(22-15(12)23)16(25)29-17(3,4)5/h10-11,24H,6-9H2,1-5H3,(H2,19,21,22)(H2,26,27,28)/t11-/m1/s1. The average Bonchev–Trinajstić information content (AvgIpc) is 3.04. The average molecular weight is 443 g/mol. The molecule has 0 aromatic carbocycles. The van der Waals surface area contributed by atoms with Gasteiger partial charge in [0.25, 0.3) is 0 Å². The molecule has 0 fully saturated rings. The van der Waals surface area contributed by atoms with Crippen LogP contribution < -0.4 is 5.73 Å². The lowest BCUT2D eigenvalue weighted by Gasteiger charge is -2.38. The van der Waals surface area contributed by atoms with Crippen molar-refractivity contribution in [2.75, 3.05) is 11.9 Å². The first kappa shape index (κ1) is 24.2. The summed E-state index contributed by atoms with van der Waals surface area (Å²) in [6.07, 6.45) is 0.612. The molecule has 0 unspecified atom stereocenters. The second-order valence-corrected chi connectivity index (χ2v) is 10.0. The number of aliphatic hydroxyl groups excluding tert-OH is 1. The fraction of sp³-hybridized carbons (Fsp3) is 0.667. The van der Waals surface area contributed by atoms with Gasteiger partial charge in [-0.15, -0.1) is 0 Å². The maximum Gasteiger partial charge on any atom is 0.377 e. The van der Waals surface area contributed by atoms with Gasteiger partial charge in [-0.1, -0.05) is 13.8 Å². The van der Waals surface area contributed by atoms with Crippen molar-refractivity contribution in [3.8, 4) is 0 Å². The smallest absolute Gasteiger partial charge is 0.377 e. The summed E-state index contributed by atoms with van der Waals surface area (Å²) in [4.78, 5) is 43.4. The highest BCUT2D eigenvalue weighted by atomic mass is 31.2. The zero-order chi connectivity index (χ0) is 22.9. The number of rotatable bonds is 8. The predicted molar refractivity (Wildman–Crippen MR) is 111 cm³/mol. The summed E-state index contributed by atoms with van der Waals surface area (Å²) in [6.45, 7) is 8.83. The third-order valence-electron chi connectivity index (χ3n) is 5.02. The van der Waals surface area contributed by atoms with E-state index in [1.54, 1.807) is 25.3 Å². The van der Waals surface area contributed by atoms with Gasteiger partial charge >= 0.3 is 13.6 Å². The van der Waals surface area contributed by atoms with Crippen LogP contribution in [-0.4, -0.2) is 58.2 Å². The number of imidazole rings is 1. The molecule has 30 heavy (non-hydrogen) atoms. The van der Waals surface area contributed by atoms with Crippen molar-refractivity contribution in [2.24, 2.45) is 0 Å². The van der Waals surface area contributed by atoms with Crippen LogP contribution in [-0.2, 0) is 14.8 Å². The minimum absolute atomic E-state index is 0.00887. The number of nitrogens with two attached hydrogens (primary N) is 1. The Balaban J connectivity index is 2.57. The van der Waals surface area contributed by atoms with Crippen molar-refractivity contribution in [1.29, 1.82) is 0 Å². The molecule has 0 aliphatic rings. The summed E-state index contributed by atoms with van der Waals surface area (Å²) in [7, 11) is -4.28. The van der Waals surface area contributed by atoms with Crippen LogP contribution in [0.3, 0.4) is 0 Å². The molecule has 0 saturated heterocycles. The van der Waals surface area contributed by atoms with Crippen molar-refractivity contribution in [1.82, 2.24) is 19.5 Å². The van der Waals surface area contributed by atoms with Gasteiger partial charge < -0.3 is 29.9 Å². The van der Waals surface area contributed by atoms with E-state index in [2.05, 4.69) is 15.0 Å². The van der Waals surface area contributed by atoms with Gasteiger partial charge in [-0.05, 0) is 40.0 Å². The van der Waals surface area contributed by atoms with Crippen molar-refractivity contribution in [3.05, 3.63) is 12.2 Å². The van der Waals surface area contributed by atoms with E-state index >= 15 is 0 Å². The molecule has 2 rings (SSSR count). The predicted octanol–water partition coefficient (Wildman–Crippen LogP) is 1.81. The highest BCUT2D eigenvalue weighted by Crippen LogP contribution is 2.40. The largest absolute Gasteiger partial charge is 0.454 e. The second kappa shape index (κ2) is 8.58. The number of esters is 1. The van der Waals surface area contributed by atoms with Crippen LogP contribution in [0.15, 0.2) is 6.33 Å². The highest BCUT2D eigenvalue weighted by molar-refractivity contribution is 7.51. The number of aromatic nitrogens is 4. The van der Waals surface area contributed by atoms with Gasteiger partial charge in [-0.25, -0.2) is 19.7 Å². The SMILES string of the molecule is CCC(CC)([C@H](O)CCP(=O)(O)O)n1cnc2c(N)nc(C(=O)OC(C)(C)C)nc21. The maximum absolute atomic E-state index is 12.5. The van der Waals surface area contributed by atoms with E-state index in [-0.39, 0.29) is 29.2 Å². The van der Waals surface area contributed by atoms with Crippen molar-refractivity contribution in [2.45, 2.75) is 71.1 Å². The van der Waals surface area contributed by atoms with Crippen molar-refractivity contribution in [3.63, 3.8) is 0 Å². The first-order valence-electron chi connectivity index (χ1n) is 9.71. The molecule has 0 bridgehead atoms. The van der Waals surface area contributed by atoms with E-state index in [1.165, 1.54) is 6.33 Å². The van der Waals surface area contributed by atoms with Gasteiger partial charge in [0.05, 0.1) is 24.1 Å². The third-order valence-corrected chi connectivity index (χ3v) is 5.86. The topological polar surface area (TPSA) is 174 Å². The molecule has 12 heteroatoms. The molecule has 5 N–H and O–H groups in total. The highest BCUT2D eigenvalue weighted by Gasteiger charge is 2.39. The van der Waals surface area contributed by atoms with E-state index in [0.717, 1.165) is 0 Å². The first-order chi connectivity index (χ1) is 13.7. The van der Waals surface area contributed by atoms with E-state index in [0.29, 0.717) is 12.8 Å². The quantitative estimate of drug-likeness (QED) is 0.348. The molecule has 2 heterocycles. The Labute approximate surface area is 174 Å². The van der Waals surface area contributed by atoms with Crippen LogP contribution in [0.5, 0.6) is 0 Å². The molecular formula is C18H30N5O6P. The number of carbonyl (C=O) groups is 1. The lowest BCUT2D eigenvalue weighted by atomic mass is 9.84. The summed E-state index contributed by atoms with van der Waals surface area (Å²) in [5.41, 5.74) is 4.78. The second-order valence-electron chi connectivity index (χ2n) is 8.22. The molecule has 0 spiro atoms. The minimum Gasteiger partial charge on any atom is -0.454 e. The van der Waals surface area contributed by atoms with E-state index in [4.69, 9.17) is 10.5 Å². The normalized spacial score (nSPS) is 14.1. The number of aliphatic hydroxyl groups is 1. The summed E-state index contributed by atoms with van der Waals surface area (Å²) in [5.74, 6) is -0.989. The monoisotopic (exact) mass is 443 g/mol. The van der Waals surface area contributed by atoms with Gasteiger partial charge in [-0.3, -0.25) is 4.57 Å². The van der Waals surface area contributed by atoms with E-state index < -0.39 is 37.0 Å². The molecule has 2 aromatic rings. The Kier molecular flexibility index (Phi) is 6.92. The summed E-state index contributed by atoms with van der Waals surface area (Å²) < 4.78 is 18.2. The first-order valence-corrected chi connectivity index (χ1v) is 11.5. The number of anilines is 1. The van der Waals surface area contributed by atoms with Gasteiger partial charge in [0.1, 0.15) is 11.1 Å². The summed E-state index contributed by atoms with van der Waals surface area (Å²) in [6, 6.07) is 0. The zero-order valence-electron chi connectivity index (χ0n) is 17.9. The third kappa shape index (κ3) is 5.15. The molecule has 168 valence electrons. The zero-order valence-corrected chi connectivity index (χ0v) is 18.8. The Bertz CT molecular complexity index is 960. The Hall–Kier alpha value is -2.07. The molecule has 11 nitrogen and oxygen atoms in total. The number of fused-ring (bicyclic) bond motifs is 1. The van der Waals surface area contributed by atoms with E-state index in [9.17, 15) is 24.3 Å². The molecular weight excluding hydrogens is 413 g/mol. The minimum atomic E-state index is -4.28. The lowest BCUT2D eigenvalue weighted by molar-refractivity contribution is 0.00555. The Morgan fingerprint density at radius 3 is 2.37 bits per heavy atom. The van der Waals surface area contributed by atoms with Gasteiger partial charge in [0.2, 0.25) is 5.82 Å². The van der Waals surface area contributed by atoms with Gasteiger partial charge in [0, 0.05) is 0 Å². The van der Waals surface area contributed by atoms with Gasteiger partial charge in [0.15, 0.2) is 11.5 Å². The van der Waals surface area contributed by atoms with Crippen LogP contribution in [0.25, 0.3) is 11.2 Å². The van der Waals surface area contributed by atoms with Crippen molar-refractivity contribution < 1.29 is 29.0 Å². The van der Waals surface area contributed by atoms with E-state index in [1.807, 2.05) is 13.8 Å². The summed E-state index contributed by atoms with van der Waals surface area (Å²) >= 11 is 0. The molecule has 0 amide bonds. The van der Waals surface area contributed by atoms with Gasteiger partial charge in [-0.2, -0.15) is 0 Å². The number of ether oxygens (including phenoxy) is 1. The number of carbonyl (C=O) groups excluding carboxylic acids is 1. The number of nitrogen functional groups attached to an aromatic ring is 1.